The second-order valence-electron chi connectivity index (χ2n) is 13.4. The zero-order chi connectivity index (χ0) is 39.9. The van der Waals surface area contributed by atoms with Crippen LogP contribution in [0.4, 0.5) is 9.59 Å². The third kappa shape index (κ3) is 8.64. The molecule has 0 spiro atoms. The van der Waals surface area contributed by atoms with Crippen LogP contribution >= 0.6 is 0 Å². The van der Waals surface area contributed by atoms with Crippen molar-refractivity contribution in [3.8, 4) is 33.9 Å². The van der Waals surface area contributed by atoms with E-state index in [1.165, 1.54) is 7.11 Å². The molecule has 0 bridgehead atoms. The van der Waals surface area contributed by atoms with Gasteiger partial charge in [-0.3, -0.25) is 19.6 Å². The van der Waals surface area contributed by atoms with E-state index in [0.717, 1.165) is 23.2 Å². The molecule has 0 saturated carbocycles. The molecule has 3 aromatic heterocycles. The molecule has 4 atom stereocenters. The number of nitrogens with zero attached hydrogens (tertiary/aromatic N) is 5. The van der Waals surface area contributed by atoms with Crippen LogP contribution in [0.3, 0.4) is 0 Å². The van der Waals surface area contributed by atoms with Gasteiger partial charge in [0.25, 0.3) is 5.91 Å². The highest BCUT2D eigenvalue weighted by atomic mass is 16.5. The summed E-state index contributed by atoms with van der Waals surface area (Å²) in [6.45, 7) is 2.27. The van der Waals surface area contributed by atoms with Gasteiger partial charge >= 0.3 is 12.2 Å². The lowest BCUT2D eigenvalue weighted by Crippen LogP contribution is -2.42. The molecule has 1 aliphatic rings. The van der Waals surface area contributed by atoms with Gasteiger partial charge in [0.1, 0.15) is 29.4 Å². The van der Waals surface area contributed by atoms with Crippen LogP contribution in [0.25, 0.3) is 33.9 Å². The van der Waals surface area contributed by atoms with Crippen LogP contribution in [0.15, 0.2) is 110 Å². The molecule has 290 valence electrons. The average molecular weight is 769 g/mol. The fourth-order valence-electron chi connectivity index (χ4n) is 6.80. The lowest BCUT2D eigenvalue weighted by atomic mass is 10.1. The van der Waals surface area contributed by atoms with Crippen molar-refractivity contribution in [2.75, 3.05) is 13.7 Å². The average Bonchev–Trinajstić information content (AvgIpc) is 4.04. The fraction of sp³-hybridized carbons (Fsp3) is 0.220. The standard InChI is InChI=1S/C41H40N10O6/c1-24(46-38(52)34(50-41(56)57-2)27-10-5-3-6-11-27)36-44-21-30(47-36)26-17-15-25(16-18-26)29-20-43-31(22-42-29)32-23-45-37(48-32)33-14-9-19-51(33)39(53)35(49-40(54)55)28-12-7-4-8-13-28/h3-8,10-13,15-18,20-24,33-35,49H,9,14,19H2,1-2H3,(H,44,47)(H,45,48)(H,46,52)(H,50,56)(H,54,55)/t24-,33-,34+,35+/m0/s1. The zero-order valence-corrected chi connectivity index (χ0v) is 31.0. The number of aromatic amines is 2. The lowest BCUT2D eigenvalue weighted by molar-refractivity contribution is -0.134. The number of H-pyrrole nitrogens is 2. The van der Waals surface area contributed by atoms with Crippen LogP contribution in [-0.2, 0) is 14.3 Å². The number of nitrogens with one attached hydrogen (secondary N) is 5. The van der Waals surface area contributed by atoms with Gasteiger partial charge in [-0.1, -0.05) is 84.9 Å². The number of methoxy groups -OCH3 is 1. The predicted molar refractivity (Wildman–Crippen MR) is 208 cm³/mol. The summed E-state index contributed by atoms with van der Waals surface area (Å²) in [5.41, 5.74) is 5.50. The van der Waals surface area contributed by atoms with Gasteiger partial charge in [-0.05, 0) is 36.5 Å². The first-order valence-electron chi connectivity index (χ1n) is 18.3. The highest BCUT2D eigenvalue weighted by molar-refractivity contribution is 5.88. The number of benzene rings is 3. The number of rotatable bonds is 12. The number of ether oxygens (including phenoxy) is 1. The fourth-order valence-corrected chi connectivity index (χ4v) is 6.80. The number of alkyl carbamates (subject to hydrolysis) is 1. The van der Waals surface area contributed by atoms with Gasteiger partial charge < -0.3 is 40.7 Å². The van der Waals surface area contributed by atoms with Gasteiger partial charge in [0.2, 0.25) is 5.91 Å². The molecule has 0 aliphatic carbocycles. The summed E-state index contributed by atoms with van der Waals surface area (Å²) in [5.74, 6) is 0.368. The van der Waals surface area contributed by atoms with E-state index in [-0.39, 0.29) is 11.9 Å². The molecule has 0 unspecified atom stereocenters. The van der Waals surface area contributed by atoms with Crippen molar-refractivity contribution in [1.29, 1.82) is 0 Å². The van der Waals surface area contributed by atoms with E-state index >= 15 is 0 Å². The van der Waals surface area contributed by atoms with Crippen molar-refractivity contribution in [3.05, 3.63) is 132 Å². The van der Waals surface area contributed by atoms with E-state index in [1.54, 1.807) is 85.1 Å². The Morgan fingerprint density at radius 2 is 1.37 bits per heavy atom. The normalized spacial score (nSPS) is 15.3. The maximum atomic E-state index is 13.7. The Kier molecular flexibility index (Phi) is 11.3. The Labute approximate surface area is 327 Å². The summed E-state index contributed by atoms with van der Waals surface area (Å²) in [6.07, 6.45) is 6.10. The number of imidazole rings is 2. The first-order chi connectivity index (χ1) is 27.7. The van der Waals surface area contributed by atoms with Gasteiger partial charge in [0.05, 0.1) is 61.1 Å². The molecule has 16 nitrogen and oxygen atoms in total. The van der Waals surface area contributed by atoms with Gasteiger partial charge in [-0.25, -0.2) is 19.6 Å². The quantitative estimate of drug-likeness (QED) is 0.0869. The summed E-state index contributed by atoms with van der Waals surface area (Å²) in [5, 5.41) is 17.3. The Morgan fingerprint density at radius 1 is 0.737 bits per heavy atom. The van der Waals surface area contributed by atoms with Crippen LogP contribution in [0.1, 0.15) is 66.7 Å². The minimum absolute atomic E-state index is 0.339. The van der Waals surface area contributed by atoms with Crippen LogP contribution in [0.5, 0.6) is 0 Å². The van der Waals surface area contributed by atoms with Crippen LogP contribution < -0.4 is 16.0 Å². The zero-order valence-electron chi connectivity index (χ0n) is 31.0. The Balaban J connectivity index is 0.990. The Morgan fingerprint density at radius 3 is 2.02 bits per heavy atom. The number of carbonyl (C=O) groups excluding carboxylic acids is 3. The maximum absolute atomic E-state index is 13.7. The molecule has 57 heavy (non-hydrogen) atoms. The molecule has 0 radical (unpaired) electrons. The van der Waals surface area contributed by atoms with E-state index in [9.17, 15) is 24.3 Å². The molecule has 3 aromatic carbocycles. The van der Waals surface area contributed by atoms with Crippen molar-refractivity contribution >= 4 is 24.0 Å². The number of hydrogen-bond donors (Lipinski definition) is 6. The molecular weight excluding hydrogens is 729 g/mol. The van der Waals surface area contributed by atoms with E-state index in [0.29, 0.717) is 52.8 Å². The largest absolute Gasteiger partial charge is 0.465 e. The van der Waals surface area contributed by atoms with E-state index < -0.39 is 36.2 Å². The van der Waals surface area contributed by atoms with Crippen molar-refractivity contribution in [2.24, 2.45) is 0 Å². The summed E-state index contributed by atoms with van der Waals surface area (Å²) in [4.78, 5) is 77.1. The van der Waals surface area contributed by atoms with Gasteiger partial charge in [0.15, 0.2) is 0 Å². The Hall–Kier alpha value is -7.36. The number of carbonyl (C=O) groups is 4. The van der Waals surface area contributed by atoms with Crippen LogP contribution in [-0.4, -0.2) is 77.6 Å². The monoisotopic (exact) mass is 768 g/mol. The summed E-state index contributed by atoms with van der Waals surface area (Å²) < 4.78 is 4.72. The topological polar surface area (TPSA) is 220 Å². The molecule has 1 aliphatic heterocycles. The molecule has 6 N–H and O–H groups in total. The van der Waals surface area contributed by atoms with E-state index in [1.807, 2.05) is 36.4 Å². The van der Waals surface area contributed by atoms with Crippen molar-refractivity contribution in [1.82, 2.24) is 50.8 Å². The highest BCUT2D eigenvalue weighted by Gasteiger charge is 2.37. The molecule has 1 saturated heterocycles. The molecule has 7 rings (SSSR count). The first kappa shape index (κ1) is 37.9. The van der Waals surface area contributed by atoms with Gasteiger partial charge in [-0.2, -0.15) is 0 Å². The molecule has 4 amide bonds. The Bertz CT molecular complexity index is 2330. The third-order valence-corrected chi connectivity index (χ3v) is 9.72. The van der Waals surface area contributed by atoms with Gasteiger partial charge in [0, 0.05) is 12.1 Å². The van der Waals surface area contributed by atoms with Crippen LogP contribution in [0.2, 0.25) is 0 Å². The number of carboxylic acid groups (broad SMARTS) is 1. The third-order valence-electron chi connectivity index (χ3n) is 9.72. The number of likely N-dealkylation sites (tertiary alicyclic amines) is 1. The van der Waals surface area contributed by atoms with Crippen LogP contribution in [0, 0.1) is 0 Å². The minimum atomic E-state index is -1.28. The lowest BCUT2D eigenvalue weighted by Gasteiger charge is -2.28. The number of hydrogen-bond acceptors (Lipinski definition) is 9. The van der Waals surface area contributed by atoms with Crippen molar-refractivity contribution in [3.63, 3.8) is 0 Å². The summed E-state index contributed by atoms with van der Waals surface area (Å²) in [7, 11) is 1.24. The molecule has 6 aromatic rings. The molecule has 16 heteroatoms. The number of aromatic nitrogens is 6. The van der Waals surface area contributed by atoms with Gasteiger partial charge in [-0.15, -0.1) is 0 Å². The second kappa shape index (κ2) is 17.0. The van der Waals surface area contributed by atoms with Crippen molar-refractivity contribution in [2.45, 2.75) is 43.9 Å². The number of amides is 4. The second-order valence-corrected chi connectivity index (χ2v) is 13.4. The molecular formula is C41H40N10O6. The minimum Gasteiger partial charge on any atom is -0.465 e. The summed E-state index contributed by atoms with van der Waals surface area (Å²) in [6, 6.07) is 22.6. The summed E-state index contributed by atoms with van der Waals surface area (Å²) >= 11 is 0. The maximum Gasteiger partial charge on any atom is 0.407 e. The molecule has 1 fully saturated rings. The predicted octanol–water partition coefficient (Wildman–Crippen LogP) is 5.87. The highest BCUT2D eigenvalue weighted by Crippen LogP contribution is 2.34. The first-order valence-corrected chi connectivity index (χ1v) is 18.3. The van der Waals surface area contributed by atoms with E-state index in [4.69, 9.17) is 4.74 Å². The van der Waals surface area contributed by atoms with E-state index in [2.05, 4.69) is 45.9 Å². The molecule has 4 heterocycles. The smallest absolute Gasteiger partial charge is 0.407 e. The van der Waals surface area contributed by atoms with Crippen molar-refractivity contribution < 1.29 is 29.0 Å². The SMILES string of the molecule is COC(=O)N[C@@H](C(=O)N[C@@H](C)c1ncc(-c2ccc(-c3cnc(-c4cnc([C@@H]5CCCN5C(=O)[C@H](NC(=O)O)c5ccccc5)[nH]4)cn3)cc2)[nH]1)c1ccccc1.